The fourth-order valence-corrected chi connectivity index (χ4v) is 4.88. The van der Waals surface area contributed by atoms with Crippen LogP contribution in [0, 0.1) is 0 Å². The minimum Gasteiger partial charge on any atom is -0.351 e. The topological polar surface area (TPSA) is 29.1 Å². The zero-order valence-electron chi connectivity index (χ0n) is 10.3. The van der Waals surface area contributed by atoms with Crippen molar-refractivity contribution >= 4 is 44.5 Å². The number of rotatable bonds is 3. The lowest BCUT2D eigenvalue weighted by Gasteiger charge is -2.21. The molecule has 2 heterocycles. The number of carbonyl (C=O) groups excluding carboxylic acids is 1. The number of hydrogen-bond donors (Lipinski definition) is 1. The molecule has 3 rings (SSSR count). The molecule has 1 unspecified atom stereocenters. The first-order valence-electron chi connectivity index (χ1n) is 6.31. The molecule has 1 amide bonds. The van der Waals surface area contributed by atoms with Gasteiger partial charge in [0.25, 0.3) is 0 Å². The fraction of sp³-hybridized carbons (Fsp3) is 0.357. The lowest BCUT2D eigenvalue weighted by molar-refractivity contribution is -0.123. The van der Waals surface area contributed by atoms with E-state index in [2.05, 4.69) is 38.8 Å². The predicted molar refractivity (Wildman–Crippen MR) is 83.9 cm³/mol. The maximum Gasteiger partial charge on any atom is 0.227 e. The van der Waals surface area contributed by atoms with Gasteiger partial charge >= 0.3 is 0 Å². The third-order valence-electron chi connectivity index (χ3n) is 3.43. The number of fused-ring (bicyclic) bond motifs is 1. The summed E-state index contributed by atoms with van der Waals surface area (Å²) in [5.74, 6) is 0.224. The van der Waals surface area contributed by atoms with Crippen molar-refractivity contribution in [3.05, 3.63) is 42.7 Å². The zero-order chi connectivity index (χ0) is 13.2. The number of thiophene rings is 2. The van der Waals surface area contributed by atoms with E-state index in [1.807, 2.05) is 5.38 Å². The molecule has 0 aliphatic heterocycles. The highest BCUT2D eigenvalue weighted by Gasteiger charge is 2.26. The van der Waals surface area contributed by atoms with Crippen LogP contribution in [0.4, 0.5) is 0 Å². The number of carbonyl (C=O) groups is 1. The second-order valence-corrected chi connectivity index (χ2v) is 7.61. The Balaban J connectivity index is 1.65. The molecule has 0 saturated heterocycles. The molecule has 2 aromatic heterocycles. The molecule has 1 N–H and O–H groups in total. The third-order valence-corrected chi connectivity index (χ3v) is 6.12. The minimum atomic E-state index is 0.0541. The summed E-state index contributed by atoms with van der Waals surface area (Å²) in [5.41, 5.74) is 1.25. The molecular weight excluding hydrogens is 342 g/mol. The van der Waals surface area contributed by atoms with Crippen LogP contribution in [0.15, 0.2) is 27.4 Å². The van der Waals surface area contributed by atoms with Crippen molar-refractivity contribution < 1.29 is 4.79 Å². The van der Waals surface area contributed by atoms with Crippen molar-refractivity contribution in [1.29, 1.82) is 0 Å². The van der Waals surface area contributed by atoms with Gasteiger partial charge in [-0.3, -0.25) is 4.79 Å². The SMILES string of the molecule is O=C(NCc1cc(Br)cs1)C1CCCc2sccc21. The van der Waals surface area contributed by atoms with E-state index in [-0.39, 0.29) is 11.8 Å². The standard InChI is InChI=1S/C14H14BrNOS2/c15-9-6-10(19-8-9)7-16-14(17)12-2-1-3-13-11(12)4-5-18-13/h4-6,8,12H,1-3,7H2,(H,16,17). The zero-order valence-corrected chi connectivity index (χ0v) is 13.5. The van der Waals surface area contributed by atoms with Crippen LogP contribution in [-0.2, 0) is 17.8 Å². The van der Waals surface area contributed by atoms with Gasteiger partial charge in [0.15, 0.2) is 0 Å². The smallest absolute Gasteiger partial charge is 0.227 e. The van der Waals surface area contributed by atoms with Crippen molar-refractivity contribution in [2.45, 2.75) is 31.7 Å². The van der Waals surface area contributed by atoms with Crippen LogP contribution in [0.2, 0.25) is 0 Å². The number of hydrogen-bond acceptors (Lipinski definition) is 3. The Morgan fingerprint density at radius 3 is 3.16 bits per heavy atom. The fourth-order valence-electron chi connectivity index (χ4n) is 2.50. The summed E-state index contributed by atoms with van der Waals surface area (Å²) in [5, 5.41) is 7.21. The van der Waals surface area contributed by atoms with E-state index in [4.69, 9.17) is 0 Å². The van der Waals surface area contributed by atoms with Crippen molar-refractivity contribution in [3.8, 4) is 0 Å². The summed E-state index contributed by atoms with van der Waals surface area (Å²) in [6, 6.07) is 4.17. The first kappa shape index (κ1) is 13.3. The number of nitrogens with one attached hydrogen (secondary N) is 1. The number of amides is 1. The maximum absolute atomic E-state index is 12.3. The monoisotopic (exact) mass is 355 g/mol. The van der Waals surface area contributed by atoms with Crippen molar-refractivity contribution in [2.75, 3.05) is 0 Å². The molecule has 2 aromatic rings. The van der Waals surface area contributed by atoms with Gasteiger partial charge in [-0.1, -0.05) is 0 Å². The van der Waals surface area contributed by atoms with Gasteiger partial charge in [0.1, 0.15) is 0 Å². The van der Waals surface area contributed by atoms with Crippen LogP contribution in [-0.4, -0.2) is 5.91 Å². The molecule has 19 heavy (non-hydrogen) atoms. The lowest BCUT2D eigenvalue weighted by atomic mass is 9.87. The Bertz CT molecular complexity index is 590. The molecule has 2 nitrogen and oxygen atoms in total. The highest BCUT2D eigenvalue weighted by Crippen LogP contribution is 2.35. The quantitative estimate of drug-likeness (QED) is 0.873. The Kier molecular flexibility index (Phi) is 4.05. The van der Waals surface area contributed by atoms with Crippen molar-refractivity contribution in [3.63, 3.8) is 0 Å². The summed E-state index contributed by atoms with van der Waals surface area (Å²) in [6.45, 7) is 0.630. The molecule has 100 valence electrons. The van der Waals surface area contributed by atoms with Gasteiger partial charge in [-0.15, -0.1) is 22.7 Å². The van der Waals surface area contributed by atoms with Gasteiger partial charge in [-0.25, -0.2) is 0 Å². The Hall–Kier alpha value is -0.650. The summed E-state index contributed by atoms with van der Waals surface area (Å²) < 4.78 is 1.08. The number of aryl methyl sites for hydroxylation is 1. The molecule has 0 saturated carbocycles. The van der Waals surface area contributed by atoms with E-state index >= 15 is 0 Å². The van der Waals surface area contributed by atoms with E-state index in [0.29, 0.717) is 6.54 Å². The lowest BCUT2D eigenvalue weighted by Crippen LogP contribution is -2.30. The van der Waals surface area contributed by atoms with Crippen LogP contribution < -0.4 is 5.32 Å². The summed E-state index contributed by atoms with van der Waals surface area (Å²) >= 11 is 6.88. The molecular formula is C14H14BrNOS2. The predicted octanol–water partition coefficient (Wildman–Crippen LogP) is 4.31. The first-order chi connectivity index (χ1) is 9.24. The highest BCUT2D eigenvalue weighted by atomic mass is 79.9. The Labute approximate surface area is 129 Å². The molecule has 1 aliphatic rings. The maximum atomic E-state index is 12.3. The largest absolute Gasteiger partial charge is 0.351 e. The molecule has 0 bridgehead atoms. The molecule has 1 atom stereocenters. The van der Waals surface area contributed by atoms with Crippen molar-refractivity contribution in [1.82, 2.24) is 5.32 Å². The summed E-state index contributed by atoms with van der Waals surface area (Å²) in [7, 11) is 0. The number of halogens is 1. The van der Waals surface area contributed by atoms with Crippen LogP contribution in [0.5, 0.6) is 0 Å². The van der Waals surface area contributed by atoms with Gasteiger partial charge in [-0.05, 0) is 58.3 Å². The summed E-state index contributed by atoms with van der Waals surface area (Å²) in [4.78, 5) is 14.9. The van der Waals surface area contributed by atoms with E-state index in [0.717, 1.165) is 23.7 Å². The van der Waals surface area contributed by atoms with Crippen LogP contribution in [0.25, 0.3) is 0 Å². The Morgan fingerprint density at radius 1 is 1.47 bits per heavy atom. The van der Waals surface area contributed by atoms with Gasteiger partial charge in [0.2, 0.25) is 5.91 Å². The Morgan fingerprint density at radius 2 is 2.37 bits per heavy atom. The van der Waals surface area contributed by atoms with Gasteiger partial charge in [0.05, 0.1) is 12.5 Å². The van der Waals surface area contributed by atoms with Gasteiger partial charge < -0.3 is 5.32 Å². The normalized spacial score (nSPS) is 18.1. The van der Waals surface area contributed by atoms with E-state index in [1.54, 1.807) is 22.7 Å². The molecule has 0 fully saturated rings. The average Bonchev–Trinajstić information content (AvgIpc) is 3.03. The molecule has 5 heteroatoms. The van der Waals surface area contributed by atoms with Crippen LogP contribution in [0.1, 0.15) is 34.1 Å². The summed E-state index contributed by atoms with van der Waals surface area (Å²) in [6.07, 6.45) is 3.23. The third kappa shape index (κ3) is 2.93. The molecule has 0 radical (unpaired) electrons. The van der Waals surface area contributed by atoms with Crippen molar-refractivity contribution in [2.24, 2.45) is 0 Å². The van der Waals surface area contributed by atoms with E-state index < -0.39 is 0 Å². The highest BCUT2D eigenvalue weighted by molar-refractivity contribution is 9.10. The minimum absolute atomic E-state index is 0.0541. The van der Waals surface area contributed by atoms with Gasteiger partial charge in [-0.2, -0.15) is 0 Å². The molecule has 0 aromatic carbocycles. The first-order valence-corrected chi connectivity index (χ1v) is 8.86. The van der Waals surface area contributed by atoms with Crippen LogP contribution in [0.3, 0.4) is 0 Å². The van der Waals surface area contributed by atoms with E-state index in [1.165, 1.54) is 15.3 Å². The van der Waals surface area contributed by atoms with Crippen LogP contribution >= 0.6 is 38.6 Å². The van der Waals surface area contributed by atoms with Gasteiger partial charge in [0, 0.05) is 19.6 Å². The second-order valence-electron chi connectivity index (χ2n) is 4.69. The second kappa shape index (κ2) is 5.77. The van der Waals surface area contributed by atoms with E-state index in [9.17, 15) is 4.79 Å². The average molecular weight is 356 g/mol. The molecule has 0 spiro atoms. The molecule has 1 aliphatic carbocycles.